The third kappa shape index (κ3) is 5.63. The summed E-state index contributed by atoms with van der Waals surface area (Å²) in [6.07, 6.45) is 0. The molecule has 0 aromatic heterocycles. The fraction of sp³-hybridized carbons (Fsp3) is 0.125. The van der Waals surface area contributed by atoms with Gasteiger partial charge < -0.3 is 0 Å². The first kappa shape index (κ1) is 17.9. The number of hydrogen-bond acceptors (Lipinski definition) is 2. The molecule has 106 valence electrons. The molecule has 2 rings (SSSR count). The van der Waals surface area contributed by atoms with E-state index in [4.69, 9.17) is 10.5 Å². The molecule has 0 unspecified atom stereocenters. The summed E-state index contributed by atoms with van der Waals surface area (Å²) >= 11 is 9.92. The van der Waals surface area contributed by atoms with Crippen LogP contribution in [0.3, 0.4) is 0 Å². The number of aryl methyl sites for hydroxylation is 1. The van der Waals surface area contributed by atoms with Crippen LogP contribution in [0.1, 0.15) is 22.3 Å². The van der Waals surface area contributed by atoms with Gasteiger partial charge in [0.25, 0.3) is 0 Å². The summed E-state index contributed by atoms with van der Waals surface area (Å²) in [5.74, 6) is 0. The zero-order valence-corrected chi connectivity index (χ0v) is 16.0. The van der Waals surface area contributed by atoms with Gasteiger partial charge in [0.1, 0.15) is 12.1 Å². The molecule has 0 atom stereocenters. The Balaban J connectivity index is 0.000000211. The van der Waals surface area contributed by atoms with E-state index in [1.165, 1.54) is 0 Å². The lowest BCUT2D eigenvalue weighted by atomic mass is 10.2. The number of halogens is 3. The molecule has 0 aliphatic rings. The highest BCUT2D eigenvalue weighted by Crippen LogP contribution is 2.19. The molecule has 0 spiro atoms. The van der Waals surface area contributed by atoms with E-state index < -0.39 is 0 Å². The summed E-state index contributed by atoms with van der Waals surface area (Å²) < 4.78 is 1.73. The summed E-state index contributed by atoms with van der Waals surface area (Å²) in [5, 5.41) is 17.9. The Morgan fingerprint density at radius 1 is 0.905 bits per heavy atom. The van der Waals surface area contributed by atoms with Gasteiger partial charge in [-0.15, -0.1) is 0 Å². The Bertz CT molecular complexity index is 712. The first-order valence-corrected chi connectivity index (χ1v) is 8.63. The standard InChI is InChI=1S/C8H5Br2N.C8H6BrN/c9-4-6-1-2-7(5-11)8(10)3-6;1-6-2-3-7(5-10)8(9)4-6/h1-3H,4H2;2-4H,1H3. The normalized spacial score (nSPS) is 9.05. The van der Waals surface area contributed by atoms with E-state index in [0.717, 1.165) is 25.4 Å². The Labute approximate surface area is 149 Å². The van der Waals surface area contributed by atoms with Crippen molar-refractivity contribution in [2.75, 3.05) is 0 Å². The molecule has 0 aliphatic heterocycles. The molecule has 0 aliphatic carbocycles. The van der Waals surface area contributed by atoms with Crippen LogP contribution in [-0.4, -0.2) is 0 Å². The number of alkyl halides is 1. The molecule has 0 amide bonds. The van der Waals surface area contributed by atoms with Crippen LogP contribution < -0.4 is 0 Å². The number of benzene rings is 2. The van der Waals surface area contributed by atoms with Crippen molar-refractivity contribution in [1.29, 1.82) is 10.5 Å². The lowest BCUT2D eigenvalue weighted by Gasteiger charge is -1.97. The molecule has 0 saturated carbocycles. The van der Waals surface area contributed by atoms with Gasteiger partial charge in [0.15, 0.2) is 0 Å². The van der Waals surface area contributed by atoms with Gasteiger partial charge in [-0.25, -0.2) is 0 Å². The Hall–Kier alpha value is -1.14. The van der Waals surface area contributed by atoms with Crippen molar-refractivity contribution >= 4 is 47.8 Å². The minimum Gasteiger partial charge on any atom is -0.192 e. The molecule has 0 saturated heterocycles. The van der Waals surface area contributed by atoms with Gasteiger partial charge in [-0.3, -0.25) is 0 Å². The van der Waals surface area contributed by atoms with Crippen LogP contribution >= 0.6 is 47.8 Å². The van der Waals surface area contributed by atoms with E-state index >= 15 is 0 Å². The molecule has 2 nitrogen and oxygen atoms in total. The van der Waals surface area contributed by atoms with Crippen molar-refractivity contribution in [2.45, 2.75) is 12.3 Å². The molecule has 2 aromatic carbocycles. The SMILES string of the molecule is Cc1ccc(C#N)c(Br)c1.N#Cc1ccc(CBr)cc1Br. The predicted molar refractivity (Wildman–Crippen MR) is 95.1 cm³/mol. The van der Waals surface area contributed by atoms with Crippen LogP contribution in [0, 0.1) is 29.6 Å². The molecule has 2 aromatic rings. The Morgan fingerprint density at radius 3 is 1.86 bits per heavy atom. The average Bonchev–Trinajstić information content (AvgIpc) is 2.48. The fourth-order valence-corrected chi connectivity index (χ4v) is 2.89. The van der Waals surface area contributed by atoms with Crippen LogP contribution in [0.15, 0.2) is 45.3 Å². The summed E-state index contributed by atoms with van der Waals surface area (Å²) in [4.78, 5) is 0. The smallest absolute Gasteiger partial charge is 0.100 e. The van der Waals surface area contributed by atoms with Gasteiger partial charge in [-0.05, 0) is 74.2 Å². The van der Waals surface area contributed by atoms with Crippen molar-refractivity contribution in [3.8, 4) is 12.1 Å². The second-order valence-electron chi connectivity index (χ2n) is 4.15. The maximum Gasteiger partial charge on any atom is 0.100 e. The summed E-state index contributed by atoms with van der Waals surface area (Å²) in [7, 11) is 0. The first-order chi connectivity index (χ1) is 10.0. The summed E-state index contributed by atoms with van der Waals surface area (Å²) in [6.45, 7) is 1.99. The second-order valence-corrected chi connectivity index (χ2v) is 6.42. The van der Waals surface area contributed by atoms with Crippen molar-refractivity contribution in [3.05, 3.63) is 67.6 Å². The maximum absolute atomic E-state index is 8.59. The highest BCUT2D eigenvalue weighted by atomic mass is 79.9. The average molecular weight is 471 g/mol. The number of nitriles is 2. The van der Waals surface area contributed by atoms with Crippen molar-refractivity contribution in [1.82, 2.24) is 0 Å². The van der Waals surface area contributed by atoms with Crippen LogP contribution in [0.5, 0.6) is 0 Å². The van der Waals surface area contributed by atoms with E-state index in [1.807, 2.05) is 31.2 Å². The number of nitrogens with zero attached hydrogens (tertiary/aromatic N) is 2. The third-order valence-electron chi connectivity index (χ3n) is 2.55. The van der Waals surface area contributed by atoms with Crippen LogP contribution in [0.4, 0.5) is 0 Å². The molecule has 5 heteroatoms. The van der Waals surface area contributed by atoms with Gasteiger partial charge in [-0.1, -0.05) is 28.1 Å². The van der Waals surface area contributed by atoms with E-state index in [1.54, 1.807) is 12.1 Å². The molecular formula is C16H11Br3N2. The third-order valence-corrected chi connectivity index (χ3v) is 4.51. The van der Waals surface area contributed by atoms with Crippen molar-refractivity contribution < 1.29 is 0 Å². The number of rotatable bonds is 1. The molecule has 21 heavy (non-hydrogen) atoms. The monoisotopic (exact) mass is 468 g/mol. The fourth-order valence-electron chi connectivity index (χ4n) is 1.44. The maximum atomic E-state index is 8.59. The lowest BCUT2D eigenvalue weighted by molar-refractivity contribution is 1.39. The molecule has 0 N–H and O–H groups in total. The highest BCUT2D eigenvalue weighted by molar-refractivity contribution is 9.11. The van der Waals surface area contributed by atoms with Crippen LogP contribution in [0.25, 0.3) is 0 Å². The molecule has 0 fully saturated rings. The second kappa shape index (κ2) is 9.00. The van der Waals surface area contributed by atoms with Gasteiger partial charge >= 0.3 is 0 Å². The minimum atomic E-state index is 0.676. The molecular weight excluding hydrogens is 460 g/mol. The van der Waals surface area contributed by atoms with Crippen molar-refractivity contribution in [2.24, 2.45) is 0 Å². The van der Waals surface area contributed by atoms with Gasteiger partial charge in [0.2, 0.25) is 0 Å². The van der Waals surface area contributed by atoms with Gasteiger partial charge in [0.05, 0.1) is 11.1 Å². The van der Waals surface area contributed by atoms with E-state index in [9.17, 15) is 0 Å². The van der Waals surface area contributed by atoms with E-state index in [0.29, 0.717) is 11.1 Å². The van der Waals surface area contributed by atoms with Gasteiger partial charge in [-0.2, -0.15) is 10.5 Å². The Morgan fingerprint density at radius 2 is 1.43 bits per heavy atom. The highest BCUT2D eigenvalue weighted by Gasteiger charge is 1.98. The van der Waals surface area contributed by atoms with Crippen molar-refractivity contribution in [3.63, 3.8) is 0 Å². The predicted octanol–water partition coefficient (Wildman–Crippen LogP) is 5.84. The Kier molecular flexibility index (Phi) is 7.67. The first-order valence-electron chi connectivity index (χ1n) is 5.92. The largest absolute Gasteiger partial charge is 0.192 e. The molecule has 0 heterocycles. The van der Waals surface area contributed by atoms with E-state index in [-0.39, 0.29) is 0 Å². The number of hydrogen-bond donors (Lipinski definition) is 0. The molecule has 0 radical (unpaired) electrons. The van der Waals surface area contributed by atoms with Gasteiger partial charge in [0, 0.05) is 14.3 Å². The quantitative estimate of drug-likeness (QED) is 0.491. The minimum absolute atomic E-state index is 0.676. The topological polar surface area (TPSA) is 47.6 Å². The zero-order valence-electron chi connectivity index (χ0n) is 11.2. The molecule has 0 bridgehead atoms. The summed E-state index contributed by atoms with van der Waals surface area (Å²) in [5.41, 5.74) is 3.68. The lowest BCUT2D eigenvalue weighted by Crippen LogP contribution is -1.80. The van der Waals surface area contributed by atoms with Crippen LogP contribution in [-0.2, 0) is 5.33 Å². The zero-order chi connectivity index (χ0) is 15.8. The summed E-state index contributed by atoms with van der Waals surface area (Å²) in [6, 6.07) is 15.5. The van der Waals surface area contributed by atoms with Crippen LogP contribution in [0.2, 0.25) is 0 Å². The van der Waals surface area contributed by atoms with E-state index in [2.05, 4.69) is 59.9 Å².